The second kappa shape index (κ2) is 20.9. The van der Waals surface area contributed by atoms with Gasteiger partial charge in [-0.25, -0.2) is 0 Å². The summed E-state index contributed by atoms with van der Waals surface area (Å²) in [5.41, 5.74) is 7.03. The Bertz CT molecular complexity index is 5230. The van der Waals surface area contributed by atoms with Gasteiger partial charge in [-0.15, -0.1) is 0 Å². The molecule has 12 rings (SSSR count). The van der Waals surface area contributed by atoms with Crippen molar-refractivity contribution < 1.29 is 13.2 Å². The molecule has 0 fully saturated rings. The van der Waals surface area contributed by atoms with Gasteiger partial charge in [-0.3, -0.25) is 0 Å². The molecule has 0 saturated carbocycles. The lowest BCUT2D eigenvalue weighted by Gasteiger charge is -2.20. The molecular formula is C71H29F3N12. The van der Waals surface area contributed by atoms with Crippen LogP contribution in [0.2, 0.25) is 0 Å². The molecule has 0 amide bonds. The molecule has 0 bridgehead atoms. The van der Waals surface area contributed by atoms with Crippen molar-refractivity contribution in [1.29, 1.82) is 52.6 Å². The maximum absolute atomic E-state index is 14.7. The Kier molecular flexibility index (Phi) is 12.9. The Morgan fingerprint density at radius 3 is 0.860 bits per heavy atom. The van der Waals surface area contributed by atoms with Gasteiger partial charge in [-0.2, -0.15) is 65.8 Å². The molecule has 0 spiro atoms. The van der Waals surface area contributed by atoms with Crippen molar-refractivity contribution in [1.82, 2.24) is 9.13 Å². The molecule has 0 aliphatic heterocycles. The summed E-state index contributed by atoms with van der Waals surface area (Å²) in [5.74, 6) is 0. The predicted molar refractivity (Wildman–Crippen MR) is 314 cm³/mol. The quantitative estimate of drug-likeness (QED) is 0.146. The average molecular weight is 1110 g/mol. The molecule has 0 atom stereocenters. The smallest absolute Gasteiger partial charge is 0.309 e. The molecule has 10 aromatic carbocycles. The summed E-state index contributed by atoms with van der Waals surface area (Å²) in [6, 6.07) is 68.3. The van der Waals surface area contributed by atoms with Crippen LogP contribution in [-0.2, 0) is 6.18 Å². The van der Waals surface area contributed by atoms with Crippen molar-refractivity contribution in [3.05, 3.63) is 237 Å². The number of rotatable bonds is 7. The number of halogens is 3. The van der Waals surface area contributed by atoms with Crippen LogP contribution >= 0.6 is 0 Å². The van der Waals surface area contributed by atoms with E-state index in [9.17, 15) is 65.8 Å². The van der Waals surface area contributed by atoms with E-state index < -0.39 is 11.7 Å². The number of aromatic nitrogens is 2. The maximum atomic E-state index is 14.7. The van der Waals surface area contributed by atoms with Crippen molar-refractivity contribution in [2.75, 3.05) is 0 Å². The molecule has 12 nitrogen and oxygen atoms in total. The predicted octanol–water partition coefficient (Wildman–Crippen LogP) is 16.0. The van der Waals surface area contributed by atoms with E-state index in [1.807, 2.05) is 83.4 Å². The Labute approximate surface area is 487 Å². The summed E-state index contributed by atoms with van der Waals surface area (Å²) >= 11 is 0. The first-order valence-electron chi connectivity index (χ1n) is 25.9. The number of hydrogen-bond donors (Lipinski definition) is 0. The van der Waals surface area contributed by atoms with E-state index in [2.05, 4.69) is 54.6 Å². The number of benzene rings is 10. The average Bonchev–Trinajstić information content (AvgIpc) is 1.84. The van der Waals surface area contributed by atoms with E-state index in [0.29, 0.717) is 88.1 Å². The summed E-state index contributed by atoms with van der Waals surface area (Å²) in [6.07, 6.45) is -4.86. The van der Waals surface area contributed by atoms with Gasteiger partial charge in [0.25, 0.3) is 0 Å². The first-order chi connectivity index (χ1) is 41.8. The second-order valence-corrected chi connectivity index (χ2v) is 19.9. The third kappa shape index (κ3) is 8.73. The first-order valence-corrected chi connectivity index (χ1v) is 25.9. The van der Waals surface area contributed by atoms with Crippen molar-refractivity contribution in [2.45, 2.75) is 6.18 Å². The molecule has 0 radical (unpaired) electrons. The minimum absolute atomic E-state index is 0.0241. The molecule has 0 N–H and O–H groups in total. The van der Waals surface area contributed by atoms with E-state index in [1.165, 1.54) is 30.3 Å². The van der Waals surface area contributed by atoms with Gasteiger partial charge in [0, 0.05) is 32.7 Å². The summed E-state index contributed by atoms with van der Waals surface area (Å²) in [7, 11) is 0. The lowest BCUT2D eigenvalue weighted by atomic mass is 9.94. The summed E-state index contributed by atoms with van der Waals surface area (Å²) < 4.78 is 47.6. The molecule has 0 saturated heterocycles. The van der Waals surface area contributed by atoms with Crippen LogP contribution in [-0.4, -0.2) is 9.13 Å². The Hall–Kier alpha value is -13.5. The van der Waals surface area contributed by atoms with Gasteiger partial charge in [0.05, 0.1) is 149 Å². The third-order valence-corrected chi connectivity index (χ3v) is 15.3. The van der Waals surface area contributed by atoms with Crippen molar-refractivity contribution in [3.8, 4) is 128 Å². The first kappa shape index (κ1) is 53.1. The molecule has 86 heavy (non-hydrogen) atoms. The molecule has 12 aromatic rings. The molecule has 0 unspecified atom stereocenters. The van der Waals surface area contributed by atoms with E-state index in [4.69, 9.17) is 0 Å². The van der Waals surface area contributed by atoms with Gasteiger partial charge in [0.15, 0.2) is 0 Å². The van der Waals surface area contributed by atoms with Crippen molar-refractivity contribution in [2.24, 2.45) is 0 Å². The monoisotopic (exact) mass is 1110 g/mol. The fourth-order valence-corrected chi connectivity index (χ4v) is 11.4. The Morgan fingerprint density at radius 2 is 0.558 bits per heavy atom. The Morgan fingerprint density at radius 1 is 0.256 bits per heavy atom. The number of fused-ring (bicyclic) bond motifs is 6. The van der Waals surface area contributed by atoms with E-state index in [0.717, 1.165) is 12.1 Å². The molecule has 15 heteroatoms. The number of hydrogen-bond acceptors (Lipinski definition) is 10. The van der Waals surface area contributed by atoms with Crippen LogP contribution in [0.4, 0.5) is 13.2 Å². The molecular weight excluding hydrogens is 1080 g/mol. The number of nitriles is 10. The van der Waals surface area contributed by atoms with E-state index >= 15 is 0 Å². The zero-order chi connectivity index (χ0) is 60.1. The van der Waals surface area contributed by atoms with Gasteiger partial charge >= 0.3 is 6.18 Å². The molecule has 394 valence electrons. The molecule has 0 aliphatic rings. The Balaban J connectivity index is 1.24. The fraction of sp³-hybridized carbons (Fsp3) is 0.0141. The van der Waals surface area contributed by atoms with Gasteiger partial charge < -0.3 is 9.13 Å². The van der Waals surface area contributed by atoms with Crippen LogP contribution in [0.3, 0.4) is 0 Å². The minimum Gasteiger partial charge on any atom is -0.309 e. The van der Waals surface area contributed by atoms with Gasteiger partial charge in [-0.1, -0.05) is 78.9 Å². The summed E-state index contributed by atoms with van der Waals surface area (Å²) in [5, 5.41) is 106. The number of nitrogens with zero attached hydrogens (tertiary/aromatic N) is 12. The zero-order valence-electron chi connectivity index (χ0n) is 44.2. The number of alkyl halides is 3. The lowest BCUT2D eigenvalue weighted by Crippen LogP contribution is -2.07. The van der Waals surface area contributed by atoms with Crippen LogP contribution < -0.4 is 0 Å². The van der Waals surface area contributed by atoms with Gasteiger partial charge in [0.2, 0.25) is 0 Å². The zero-order valence-corrected chi connectivity index (χ0v) is 44.2. The van der Waals surface area contributed by atoms with Crippen LogP contribution in [0.1, 0.15) is 61.2 Å². The SMILES string of the molecule is N#Cc1ccc(-c2ccc3c4ccc(-c5ccc(C#N)cc5C#N)cc4n(-c4cc(-c5ccc(C(F)(F)F)cc5C#N)c(-n5c6cc(-c7ccc(C#N)cc7C#N)ccc6c6ccc(-c7ccc(C#N)cc7C#N)cc65)cc4C#N)c3c2)c(C#N)c1. The fourth-order valence-electron chi connectivity index (χ4n) is 11.4. The highest BCUT2D eigenvalue weighted by molar-refractivity contribution is 6.14. The maximum Gasteiger partial charge on any atom is 0.416 e. The van der Waals surface area contributed by atoms with E-state index in [1.54, 1.807) is 65.2 Å². The van der Waals surface area contributed by atoms with Crippen LogP contribution in [0.15, 0.2) is 176 Å². The van der Waals surface area contributed by atoms with Crippen molar-refractivity contribution in [3.63, 3.8) is 0 Å². The highest BCUT2D eigenvalue weighted by Crippen LogP contribution is 2.46. The van der Waals surface area contributed by atoms with E-state index in [-0.39, 0.29) is 78.1 Å². The second-order valence-electron chi connectivity index (χ2n) is 19.9. The van der Waals surface area contributed by atoms with Crippen LogP contribution in [0, 0.1) is 113 Å². The van der Waals surface area contributed by atoms with Gasteiger partial charge in [-0.05, 0) is 142 Å². The van der Waals surface area contributed by atoms with Crippen LogP contribution in [0.25, 0.3) is 111 Å². The lowest BCUT2D eigenvalue weighted by molar-refractivity contribution is -0.137. The standard InChI is InChI=1S/C71H29F3N12/c72-71(73,74)54-9-18-59(52(23-54)38-83)64-29-65(85-66-24-44(55-10-1-40(30-75)19-48(55)34-79)5-14-60(66)61-15-6-45(25-67(61)85)56-11-2-41(31-76)20-49(56)35-80)53(39-84)28-70(64)86-68-26-46(57-12-3-42(32-77)21-50(57)36-81)7-16-62(68)63-17-8-47(27-69(63)86)58-13-4-43(33-78)22-51(58)37-82/h1-29H. The molecule has 0 aliphatic carbocycles. The summed E-state index contributed by atoms with van der Waals surface area (Å²) in [4.78, 5) is 0. The minimum atomic E-state index is -4.86. The normalized spacial score (nSPS) is 10.8. The van der Waals surface area contributed by atoms with Gasteiger partial charge in [0.1, 0.15) is 6.07 Å². The summed E-state index contributed by atoms with van der Waals surface area (Å²) in [6.45, 7) is 0. The molecule has 2 heterocycles. The van der Waals surface area contributed by atoms with Crippen LogP contribution in [0.5, 0.6) is 0 Å². The third-order valence-electron chi connectivity index (χ3n) is 15.3. The molecule has 2 aromatic heterocycles. The van der Waals surface area contributed by atoms with Crippen molar-refractivity contribution >= 4 is 43.6 Å². The highest BCUT2D eigenvalue weighted by Gasteiger charge is 2.32. The topological polar surface area (TPSA) is 248 Å². The highest BCUT2D eigenvalue weighted by atomic mass is 19.4. The largest absolute Gasteiger partial charge is 0.416 e.